The summed E-state index contributed by atoms with van der Waals surface area (Å²) in [5.41, 5.74) is -0.670. The van der Waals surface area contributed by atoms with Crippen LogP contribution in [0.3, 0.4) is 0 Å². The largest absolute Gasteiger partial charge is 0.347 e. The number of halogens is 2. The second kappa shape index (κ2) is 7.62. The Labute approximate surface area is 136 Å². The molecule has 0 spiro atoms. The maximum absolute atomic E-state index is 13.4. The summed E-state index contributed by atoms with van der Waals surface area (Å²) in [7, 11) is 0. The lowest BCUT2D eigenvalue weighted by molar-refractivity contribution is -0.136. The van der Waals surface area contributed by atoms with Gasteiger partial charge in [0.25, 0.3) is 0 Å². The number of carbonyl (C=O) groups is 2. The number of para-hydroxylation sites is 1. The van der Waals surface area contributed by atoms with Crippen molar-refractivity contribution < 1.29 is 22.9 Å². The molecule has 0 saturated heterocycles. The van der Waals surface area contributed by atoms with E-state index in [1.807, 2.05) is 19.2 Å². The third kappa shape index (κ3) is 4.34. The van der Waals surface area contributed by atoms with E-state index < -0.39 is 29.1 Å². The molecule has 0 aliphatic heterocycles. The molecule has 0 bridgehead atoms. The van der Waals surface area contributed by atoms with Gasteiger partial charge in [-0.1, -0.05) is 25.1 Å². The molecule has 7 nitrogen and oxygen atoms in total. The van der Waals surface area contributed by atoms with Gasteiger partial charge in [0.05, 0.1) is 0 Å². The molecule has 128 valence electrons. The molecule has 2 aromatic rings. The normalized spacial score (nSPS) is 10.7. The first-order chi connectivity index (χ1) is 11.4. The van der Waals surface area contributed by atoms with E-state index >= 15 is 0 Å². The summed E-state index contributed by atoms with van der Waals surface area (Å²) in [5, 5.41) is 7.96. The quantitative estimate of drug-likeness (QED) is 0.810. The Kier molecular flexibility index (Phi) is 5.56. The van der Waals surface area contributed by atoms with E-state index in [4.69, 9.17) is 4.52 Å². The lowest BCUT2D eigenvalue weighted by Gasteiger charge is -2.07. The number of anilines is 1. The van der Waals surface area contributed by atoms with Crippen molar-refractivity contribution in [3.05, 3.63) is 41.5 Å². The molecule has 2 amide bonds. The molecule has 1 aromatic heterocycles. The maximum atomic E-state index is 13.4. The van der Waals surface area contributed by atoms with Gasteiger partial charge in [-0.05, 0) is 12.1 Å². The number of rotatable bonds is 5. The average molecular weight is 338 g/mol. The number of aromatic nitrogens is 2. The highest BCUT2D eigenvalue weighted by atomic mass is 19.1. The van der Waals surface area contributed by atoms with E-state index in [-0.39, 0.29) is 18.9 Å². The molecule has 1 aromatic carbocycles. The van der Waals surface area contributed by atoms with Crippen LogP contribution in [0.25, 0.3) is 0 Å². The first-order valence-corrected chi connectivity index (χ1v) is 7.24. The Morgan fingerprint density at radius 1 is 1.21 bits per heavy atom. The van der Waals surface area contributed by atoms with Crippen molar-refractivity contribution in [2.24, 2.45) is 0 Å². The number of hydrogen-bond donors (Lipinski definition) is 2. The Morgan fingerprint density at radius 2 is 1.88 bits per heavy atom. The third-order valence-electron chi connectivity index (χ3n) is 3.03. The van der Waals surface area contributed by atoms with Crippen molar-refractivity contribution in [2.75, 3.05) is 11.9 Å². The van der Waals surface area contributed by atoms with Crippen LogP contribution in [0.2, 0.25) is 0 Å². The highest BCUT2D eigenvalue weighted by Crippen LogP contribution is 2.17. The minimum absolute atomic E-state index is 0.0612. The Bertz CT molecular complexity index is 726. The number of amides is 2. The highest BCUT2D eigenvalue weighted by molar-refractivity contribution is 6.39. The van der Waals surface area contributed by atoms with Crippen molar-refractivity contribution in [1.29, 1.82) is 0 Å². The summed E-state index contributed by atoms with van der Waals surface area (Å²) in [6.07, 6.45) is 0.229. The summed E-state index contributed by atoms with van der Waals surface area (Å²) >= 11 is 0. The van der Waals surface area contributed by atoms with Gasteiger partial charge >= 0.3 is 11.8 Å². The fraction of sp³-hybridized carbons (Fsp3) is 0.333. The van der Waals surface area contributed by atoms with E-state index in [2.05, 4.69) is 15.5 Å². The third-order valence-corrected chi connectivity index (χ3v) is 3.03. The van der Waals surface area contributed by atoms with Crippen LogP contribution in [0.15, 0.2) is 22.7 Å². The van der Waals surface area contributed by atoms with Gasteiger partial charge in [0.1, 0.15) is 17.3 Å². The van der Waals surface area contributed by atoms with Crippen molar-refractivity contribution in [3.63, 3.8) is 0 Å². The van der Waals surface area contributed by atoms with Crippen molar-refractivity contribution in [2.45, 2.75) is 26.2 Å². The Hall–Kier alpha value is -2.84. The Morgan fingerprint density at radius 3 is 2.46 bits per heavy atom. The van der Waals surface area contributed by atoms with Crippen LogP contribution >= 0.6 is 0 Å². The fourth-order valence-electron chi connectivity index (χ4n) is 1.75. The fourth-order valence-corrected chi connectivity index (χ4v) is 1.75. The number of nitrogens with one attached hydrogen (secondary N) is 2. The number of carbonyl (C=O) groups excluding carboxylic acids is 2. The highest BCUT2D eigenvalue weighted by Gasteiger charge is 2.18. The second-order valence-corrected chi connectivity index (χ2v) is 5.26. The first-order valence-electron chi connectivity index (χ1n) is 7.24. The molecule has 0 fully saturated rings. The van der Waals surface area contributed by atoms with Gasteiger partial charge in [0.2, 0.25) is 5.89 Å². The van der Waals surface area contributed by atoms with Crippen LogP contribution in [-0.4, -0.2) is 28.5 Å². The lowest BCUT2D eigenvalue weighted by atomic mass is 10.2. The van der Waals surface area contributed by atoms with Crippen LogP contribution in [0.4, 0.5) is 14.5 Å². The molecule has 2 rings (SSSR count). The van der Waals surface area contributed by atoms with Gasteiger partial charge in [-0.3, -0.25) is 9.59 Å². The summed E-state index contributed by atoms with van der Waals surface area (Å²) < 4.78 is 31.8. The molecule has 0 aliphatic rings. The van der Waals surface area contributed by atoms with Crippen molar-refractivity contribution in [3.8, 4) is 0 Å². The van der Waals surface area contributed by atoms with Crippen LogP contribution in [0.1, 0.15) is 31.5 Å². The average Bonchev–Trinajstić information content (AvgIpc) is 3.00. The molecule has 2 N–H and O–H groups in total. The molecular weight excluding hydrogens is 322 g/mol. The van der Waals surface area contributed by atoms with E-state index in [9.17, 15) is 18.4 Å². The predicted octanol–water partition coefficient (Wildman–Crippen LogP) is 1.77. The van der Waals surface area contributed by atoms with Crippen LogP contribution < -0.4 is 10.6 Å². The van der Waals surface area contributed by atoms with E-state index in [1.54, 1.807) is 0 Å². The van der Waals surface area contributed by atoms with E-state index in [1.165, 1.54) is 0 Å². The summed E-state index contributed by atoms with van der Waals surface area (Å²) in [4.78, 5) is 27.4. The first kappa shape index (κ1) is 17.5. The maximum Gasteiger partial charge on any atom is 0.313 e. The van der Waals surface area contributed by atoms with E-state index in [0.29, 0.717) is 11.7 Å². The predicted molar refractivity (Wildman–Crippen MR) is 80.1 cm³/mol. The minimum Gasteiger partial charge on any atom is -0.347 e. The monoisotopic (exact) mass is 338 g/mol. The lowest BCUT2D eigenvalue weighted by Crippen LogP contribution is -2.36. The zero-order valence-electron chi connectivity index (χ0n) is 13.1. The SMILES string of the molecule is CC(C)c1noc(CCNC(=O)C(=O)Nc2c(F)cccc2F)n1. The molecule has 0 saturated carbocycles. The topological polar surface area (TPSA) is 97.1 Å². The van der Waals surface area contributed by atoms with Crippen molar-refractivity contribution in [1.82, 2.24) is 15.5 Å². The zero-order valence-corrected chi connectivity index (χ0v) is 13.1. The number of benzene rings is 1. The van der Waals surface area contributed by atoms with Crippen LogP contribution in [-0.2, 0) is 16.0 Å². The van der Waals surface area contributed by atoms with Gasteiger partial charge in [0, 0.05) is 18.9 Å². The van der Waals surface area contributed by atoms with E-state index in [0.717, 1.165) is 18.2 Å². The van der Waals surface area contributed by atoms with Gasteiger partial charge in [-0.25, -0.2) is 8.78 Å². The molecule has 0 radical (unpaired) electrons. The van der Waals surface area contributed by atoms with Crippen molar-refractivity contribution >= 4 is 17.5 Å². The van der Waals surface area contributed by atoms with Gasteiger partial charge in [-0.2, -0.15) is 4.98 Å². The van der Waals surface area contributed by atoms with Gasteiger partial charge < -0.3 is 15.2 Å². The molecular formula is C15H16F2N4O3. The second-order valence-electron chi connectivity index (χ2n) is 5.26. The molecule has 24 heavy (non-hydrogen) atoms. The molecule has 0 unspecified atom stereocenters. The summed E-state index contributed by atoms with van der Waals surface area (Å²) in [6, 6.07) is 3.09. The molecule has 1 heterocycles. The smallest absolute Gasteiger partial charge is 0.313 e. The minimum atomic E-state index is -1.17. The van der Waals surface area contributed by atoms with Crippen LogP contribution in [0, 0.1) is 11.6 Å². The molecule has 0 aliphatic carbocycles. The van der Waals surface area contributed by atoms with Crippen LogP contribution in [0.5, 0.6) is 0 Å². The molecule has 0 atom stereocenters. The summed E-state index contributed by atoms with van der Waals surface area (Å²) in [5.74, 6) is -3.16. The zero-order chi connectivity index (χ0) is 17.7. The molecule has 9 heteroatoms. The number of nitrogens with zero attached hydrogens (tertiary/aromatic N) is 2. The van der Waals surface area contributed by atoms with Gasteiger partial charge in [0.15, 0.2) is 5.82 Å². The van der Waals surface area contributed by atoms with Gasteiger partial charge in [-0.15, -0.1) is 0 Å². The number of hydrogen-bond acceptors (Lipinski definition) is 5. The Balaban J connectivity index is 1.84. The summed E-state index contributed by atoms with van der Waals surface area (Å²) in [6.45, 7) is 3.87. The standard InChI is InChI=1S/C15H16F2N4O3/c1-8(2)13-19-11(24-21-13)6-7-18-14(22)15(23)20-12-9(16)4-3-5-10(12)17/h3-5,8H,6-7H2,1-2H3,(H,18,22)(H,20,23).